The molecule has 0 bridgehead atoms. The minimum Gasteiger partial charge on any atom is -0.507 e. The van der Waals surface area contributed by atoms with Gasteiger partial charge in [0, 0.05) is 12.3 Å². The summed E-state index contributed by atoms with van der Waals surface area (Å²) in [6.07, 6.45) is 0.210. The minimum absolute atomic E-state index is 0.115. The number of hydrogen-bond donors (Lipinski definition) is 2. The summed E-state index contributed by atoms with van der Waals surface area (Å²) in [6.45, 7) is 0. The Balaban J connectivity index is 1.89. The molecule has 144 valence electrons. The van der Waals surface area contributed by atoms with Gasteiger partial charge in [-0.15, -0.1) is 0 Å². The Morgan fingerprint density at radius 2 is 1.52 bits per heavy atom. The summed E-state index contributed by atoms with van der Waals surface area (Å²) in [5, 5.41) is 24.5. The summed E-state index contributed by atoms with van der Waals surface area (Å²) in [7, 11) is 0. The van der Waals surface area contributed by atoms with Crippen LogP contribution in [0.2, 0.25) is 0 Å². The third-order valence-corrected chi connectivity index (χ3v) is 5.00. The Hall–Kier alpha value is -3.86. The first-order chi connectivity index (χ1) is 14.2. The molecule has 0 aliphatic carbocycles. The predicted molar refractivity (Wildman–Crippen MR) is 112 cm³/mol. The van der Waals surface area contributed by atoms with Crippen molar-refractivity contribution in [1.82, 2.24) is 0 Å². The van der Waals surface area contributed by atoms with Crippen molar-refractivity contribution in [1.29, 1.82) is 0 Å². The molecule has 4 rings (SSSR count). The highest BCUT2D eigenvalue weighted by Crippen LogP contribution is 2.36. The van der Waals surface area contributed by atoms with Gasteiger partial charge in [-0.3, -0.25) is 0 Å². The second kappa shape index (κ2) is 8.02. The molecule has 0 radical (unpaired) electrons. The number of para-hydroxylation sites is 1. The van der Waals surface area contributed by atoms with Crippen LogP contribution in [0.5, 0.6) is 5.75 Å². The average molecular weight is 385 g/mol. The number of benzene rings is 3. The molecule has 2 N–H and O–H groups in total. The number of fused-ring (bicyclic) bond motifs is 1. The van der Waals surface area contributed by atoms with Crippen molar-refractivity contribution in [3.63, 3.8) is 0 Å². The largest absolute Gasteiger partial charge is 0.507 e. The lowest BCUT2D eigenvalue weighted by Crippen LogP contribution is -2.18. The van der Waals surface area contributed by atoms with Crippen LogP contribution in [0, 0.1) is 0 Å². The minimum atomic E-state index is -0.611. The second-order valence-electron chi connectivity index (χ2n) is 6.73. The van der Waals surface area contributed by atoms with Gasteiger partial charge < -0.3 is 14.7 Å². The molecule has 0 saturated heterocycles. The van der Waals surface area contributed by atoms with E-state index in [9.17, 15) is 15.1 Å². The highest BCUT2D eigenvalue weighted by Gasteiger charge is 2.26. The van der Waals surface area contributed by atoms with Crippen LogP contribution in [0.1, 0.15) is 29.0 Å². The summed E-state index contributed by atoms with van der Waals surface area (Å²) in [4.78, 5) is 12.8. The van der Waals surface area contributed by atoms with Gasteiger partial charge in [-0.05, 0) is 23.3 Å². The van der Waals surface area contributed by atoms with Crippen LogP contribution < -0.4 is 5.63 Å². The summed E-state index contributed by atoms with van der Waals surface area (Å²) >= 11 is 0. The van der Waals surface area contributed by atoms with Crippen molar-refractivity contribution < 1.29 is 14.7 Å². The van der Waals surface area contributed by atoms with Crippen LogP contribution in [-0.4, -0.2) is 16.0 Å². The zero-order chi connectivity index (χ0) is 20.2. The molecule has 0 fully saturated rings. The highest BCUT2D eigenvalue weighted by molar-refractivity contribution is 6.01. The van der Waals surface area contributed by atoms with E-state index in [0.717, 1.165) is 11.1 Å². The SMILES string of the molecule is O=c1oc2ccccc2c(O)c1C(C/C(=N/O)c1ccccc1)c1ccccc1. The van der Waals surface area contributed by atoms with Crippen molar-refractivity contribution >= 4 is 16.7 Å². The van der Waals surface area contributed by atoms with Crippen molar-refractivity contribution in [3.8, 4) is 5.75 Å². The summed E-state index contributed by atoms with van der Waals surface area (Å²) in [6, 6.07) is 25.4. The van der Waals surface area contributed by atoms with Gasteiger partial charge in [-0.2, -0.15) is 0 Å². The lowest BCUT2D eigenvalue weighted by Gasteiger charge is -2.19. The second-order valence-corrected chi connectivity index (χ2v) is 6.73. The maximum absolute atomic E-state index is 12.8. The maximum Gasteiger partial charge on any atom is 0.343 e. The van der Waals surface area contributed by atoms with E-state index < -0.39 is 11.5 Å². The molecule has 1 heterocycles. The standard InChI is InChI=1S/C24H19NO4/c26-23-18-13-7-8-14-21(18)29-24(27)22(23)19(16-9-3-1-4-10-16)15-20(25-28)17-11-5-2-6-12-17/h1-14,19,26,28H,15H2/b25-20-. The van der Waals surface area contributed by atoms with E-state index in [0.29, 0.717) is 16.7 Å². The number of nitrogens with zero attached hydrogens (tertiary/aromatic N) is 1. The van der Waals surface area contributed by atoms with Crippen molar-refractivity contribution in [2.24, 2.45) is 5.16 Å². The monoisotopic (exact) mass is 385 g/mol. The molecule has 5 heteroatoms. The Kier molecular flexibility index (Phi) is 5.12. The van der Waals surface area contributed by atoms with Gasteiger partial charge in [0.2, 0.25) is 0 Å². The first-order valence-corrected chi connectivity index (χ1v) is 9.25. The lowest BCUT2D eigenvalue weighted by molar-refractivity contribution is 0.317. The predicted octanol–water partition coefficient (Wildman–Crippen LogP) is 4.90. The molecule has 0 saturated carbocycles. The molecule has 5 nitrogen and oxygen atoms in total. The topological polar surface area (TPSA) is 83.0 Å². The fourth-order valence-electron chi connectivity index (χ4n) is 3.57. The van der Waals surface area contributed by atoms with Crippen molar-refractivity contribution in [2.75, 3.05) is 0 Å². The first kappa shape index (κ1) is 18.5. The normalized spacial score (nSPS) is 12.8. The van der Waals surface area contributed by atoms with Gasteiger partial charge in [0.15, 0.2) is 0 Å². The van der Waals surface area contributed by atoms with Crippen molar-refractivity contribution in [3.05, 3.63) is 112 Å². The first-order valence-electron chi connectivity index (χ1n) is 9.25. The Bertz CT molecular complexity index is 1210. The number of oxime groups is 1. The van der Waals surface area contributed by atoms with Crippen LogP contribution in [0.15, 0.2) is 99.3 Å². The van der Waals surface area contributed by atoms with Crippen LogP contribution in [0.4, 0.5) is 0 Å². The fraction of sp³-hybridized carbons (Fsp3) is 0.0833. The van der Waals surface area contributed by atoms with E-state index in [1.807, 2.05) is 60.7 Å². The van der Waals surface area contributed by atoms with Gasteiger partial charge in [0.25, 0.3) is 0 Å². The molecule has 0 aliphatic heterocycles. The van der Waals surface area contributed by atoms with E-state index in [1.54, 1.807) is 24.3 Å². The Morgan fingerprint density at radius 3 is 2.21 bits per heavy atom. The number of hydrogen-bond acceptors (Lipinski definition) is 5. The summed E-state index contributed by atoms with van der Waals surface area (Å²) in [5.41, 5.74) is 1.81. The highest BCUT2D eigenvalue weighted by atomic mass is 16.4. The quantitative estimate of drug-likeness (QED) is 0.222. The molecule has 29 heavy (non-hydrogen) atoms. The number of aromatic hydroxyl groups is 1. The summed E-state index contributed by atoms with van der Waals surface area (Å²) in [5.74, 6) is -0.667. The van der Waals surface area contributed by atoms with Crippen LogP contribution >= 0.6 is 0 Å². The Labute approximate surface area is 167 Å². The zero-order valence-corrected chi connectivity index (χ0v) is 15.5. The molecule has 4 aromatic rings. The van der Waals surface area contributed by atoms with Crippen molar-refractivity contribution in [2.45, 2.75) is 12.3 Å². The van der Waals surface area contributed by atoms with Gasteiger partial charge in [-0.25, -0.2) is 4.79 Å². The Morgan fingerprint density at radius 1 is 0.897 bits per heavy atom. The molecule has 0 spiro atoms. The molecular formula is C24H19NO4. The number of rotatable bonds is 5. The van der Waals surface area contributed by atoms with Gasteiger partial charge in [0.05, 0.1) is 16.7 Å². The third kappa shape index (κ3) is 3.62. The van der Waals surface area contributed by atoms with E-state index in [4.69, 9.17) is 4.42 Å². The fourth-order valence-corrected chi connectivity index (χ4v) is 3.57. The van der Waals surface area contributed by atoms with Gasteiger partial charge in [-0.1, -0.05) is 78.0 Å². The van der Waals surface area contributed by atoms with E-state index in [-0.39, 0.29) is 17.7 Å². The smallest absolute Gasteiger partial charge is 0.343 e. The third-order valence-electron chi connectivity index (χ3n) is 5.00. The van der Waals surface area contributed by atoms with E-state index in [1.165, 1.54) is 0 Å². The molecule has 0 amide bonds. The van der Waals surface area contributed by atoms with Crippen LogP contribution in [0.3, 0.4) is 0 Å². The zero-order valence-electron chi connectivity index (χ0n) is 15.5. The van der Waals surface area contributed by atoms with Crippen LogP contribution in [-0.2, 0) is 0 Å². The van der Waals surface area contributed by atoms with E-state index in [2.05, 4.69) is 5.16 Å². The molecule has 1 atom stereocenters. The van der Waals surface area contributed by atoms with Gasteiger partial charge in [0.1, 0.15) is 11.3 Å². The van der Waals surface area contributed by atoms with Crippen LogP contribution in [0.25, 0.3) is 11.0 Å². The molecule has 1 unspecified atom stereocenters. The van der Waals surface area contributed by atoms with Gasteiger partial charge >= 0.3 is 5.63 Å². The molecule has 1 aromatic heterocycles. The molecular weight excluding hydrogens is 366 g/mol. The molecule has 3 aromatic carbocycles. The maximum atomic E-state index is 12.8. The summed E-state index contributed by atoms with van der Waals surface area (Å²) < 4.78 is 5.48. The lowest BCUT2D eigenvalue weighted by atomic mass is 9.85. The molecule has 0 aliphatic rings. The average Bonchev–Trinajstić information content (AvgIpc) is 2.77. The van der Waals surface area contributed by atoms with E-state index >= 15 is 0 Å².